The number of anilines is 1. The Morgan fingerprint density at radius 3 is 3.00 bits per heavy atom. The van der Waals surface area contributed by atoms with Crippen LogP contribution in [0, 0.1) is 0 Å². The summed E-state index contributed by atoms with van der Waals surface area (Å²) in [7, 11) is 0. The number of nitrogens with two attached hydrogens (primary N) is 1. The van der Waals surface area contributed by atoms with Gasteiger partial charge in [-0.25, -0.2) is 4.98 Å². The van der Waals surface area contributed by atoms with Crippen molar-refractivity contribution in [1.82, 2.24) is 9.38 Å². The summed E-state index contributed by atoms with van der Waals surface area (Å²) in [5, 5.41) is 0. The Balaban J connectivity index is 2.67. The van der Waals surface area contributed by atoms with E-state index in [-0.39, 0.29) is 0 Å². The standard InChI is InChI=1S/C8H9N3S/c9-6-1-2-8-10-7(5-12)4-11(8)3-6/h1-4,12H,5,9H2. The van der Waals surface area contributed by atoms with E-state index in [1.807, 2.05) is 28.9 Å². The van der Waals surface area contributed by atoms with Crippen LogP contribution in [0.15, 0.2) is 24.5 Å². The molecule has 2 aromatic rings. The number of aromatic nitrogens is 2. The van der Waals surface area contributed by atoms with Crippen molar-refractivity contribution in [1.29, 1.82) is 0 Å². The van der Waals surface area contributed by atoms with E-state index in [4.69, 9.17) is 5.73 Å². The Morgan fingerprint density at radius 1 is 1.42 bits per heavy atom. The first kappa shape index (κ1) is 7.49. The molecule has 0 saturated heterocycles. The van der Waals surface area contributed by atoms with E-state index in [2.05, 4.69) is 17.6 Å². The molecule has 62 valence electrons. The molecule has 0 spiro atoms. The van der Waals surface area contributed by atoms with Crippen LogP contribution < -0.4 is 5.73 Å². The van der Waals surface area contributed by atoms with Crippen LogP contribution in [-0.2, 0) is 5.75 Å². The van der Waals surface area contributed by atoms with Gasteiger partial charge in [-0.1, -0.05) is 0 Å². The van der Waals surface area contributed by atoms with E-state index < -0.39 is 0 Å². The molecular weight excluding hydrogens is 170 g/mol. The minimum absolute atomic E-state index is 0.654. The first-order valence-electron chi connectivity index (χ1n) is 3.63. The second-order valence-electron chi connectivity index (χ2n) is 2.62. The van der Waals surface area contributed by atoms with Gasteiger partial charge in [0, 0.05) is 23.8 Å². The number of rotatable bonds is 1. The summed E-state index contributed by atoms with van der Waals surface area (Å²) in [5.41, 5.74) is 8.22. The lowest BCUT2D eigenvalue weighted by atomic mass is 10.4. The van der Waals surface area contributed by atoms with Gasteiger partial charge in [-0.05, 0) is 12.1 Å². The largest absolute Gasteiger partial charge is 0.398 e. The number of imidazole rings is 1. The van der Waals surface area contributed by atoms with Crippen molar-refractivity contribution >= 4 is 24.0 Å². The second-order valence-corrected chi connectivity index (χ2v) is 2.93. The first-order chi connectivity index (χ1) is 5.79. The van der Waals surface area contributed by atoms with Crippen molar-refractivity contribution in [2.45, 2.75) is 5.75 Å². The lowest BCUT2D eigenvalue weighted by Gasteiger charge is -1.93. The van der Waals surface area contributed by atoms with Gasteiger partial charge in [0.05, 0.1) is 5.69 Å². The van der Waals surface area contributed by atoms with E-state index in [9.17, 15) is 0 Å². The molecule has 0 fully saturated rings. The number of nitrogen functional groups attached to an aromatic ring is 1. The summed E-state index contributed by atoms with van der Waals surface area (Å²) in [6.45, 7) is 0. The van der Waals surface area contributed by atoms with Crippen LogP contribution in [0.3, 0.4) is 0 Å². The third kappa shape index (κ3) is 1.14. The van der Waals surface area contributed by atoms with E-state index in [1.165, 1.54) is 0 Å². The van der Waals surface area contributed by atoms with Gasteiger partial charge in [-0.2, -0.15) is 12.6 Å². The van der Waals surface area contributed by atoms with Gasteiger partial charge >= 0.3 is 0 Å². The maximum atomic E-state index is 5.61. The minimum Gasteiger partial charge on any atom is -0.398 e. The van der Waals surface area contributed by atoms with Crippen LogP contribution in [0.2, 0.25) is 0 Å². The average molecular weight is 179 g/mol. The molecule has 0 aromatic carbocycles. The predicted molar refractivity (Wildman–Crippen MR) is 52.3 cm³/mol. The Bertz CT molecular complexity index is 408. The Kier molecular flexibility index (Phi) is 1.69. The van der Waals surface area contributed by atoms with Gasteiger partial charge in [0.2, 0.25) is 0 Å². The molecule has 0 unspecified atom stereocenters. The van der Waals surface area contributed by atoms with E-state index >= 15 is 0 Å². The maximum Gasteiger partial charge on any atom is 0.137 e. The molecule has 2 heterocycles. The Labute approximate surface area is 75.6 Å². The molecule has 2 aromatic heterocycles. The van der Waals surface area contributed by atoms with Gasteiger partial charge in [0.1, 0.15) is 5.65 Å². The van der Waals surface area contributed by atoms with Gasteiger partial charge in [0.15, 0.2) is 0 Å². The molecule has 0 aliphatic carbocycles. The molecule has 0 saturated carbocycles. The topological polar surface area (TPSA) is 43.3 Å². The summed E-state index contributed by atoms with van der Waals surface area (Å²) >= 11 is 4.14. The Morgan fingerprint density at radius 2 is 2.25 bits per heavy atom. The monoisotopic (exact) mass is 179 g/mol. The average Bonchev–Trinajstić information content (AvgIpc) is 2.46. The van der Waals surface area contributed by atoms with Crippen molar-refractivity contribution in [2.24, 2.45) is 0 Å². The van der Waals surface area contributed by atoms with Gasteiger partial charge in [0.25, 0.3) is 0 Å². The highest BCUT2D eigenvalue weighted by atomic mass is 32.1. The lowest BCUT2D eigenvalue weighted by Crippen LogP contribution is -1.88. The zero-order valence-electron chi connectivity index (χ0n) is 6.44. The summed E-state index contributed by atoms with van der Waals surface area (Å²) < 4.78 is 1.90. The number of fused-ring (bicyclic) bond motifs is 1. The molecular formula is C8H9N3S. The van der Waals surface area contributed by atoms with Crippen LogP contribution in [-0.4, -0.2) is 9.38 Å². The SMILES string of the molecule is Nc1ccc2nc(CS)cn2c1. The van der Waals surface area contributed by atoms with Crippen LogP contribution in [0.5, 0.6) is 0 Å². The molecule has 0 radical (unpaired) electrons. The minimum atomic E-state index is 0.654. The third-order valence-corrected chi connectivity index (χ3v) is 2.01. The number of pyridine rings is 1. The van der Waals surface area contributed by atoms with Crippen molar-refractivity contribution in [3.05, 3.63) is 30.2 Å². The van der Waals surface area contributed by atoms with Gasteiger partial charge in [-0.15, -0.1) is 0 Å². The number of hydrogen-bond acceptors (Lipinski definition) is 3. The van der Waals surface area contributed by atoms with E-state index in [1.54, 1.807) is 0 Å². The fourth-order valence-corrected chi connectivity index (χ4v) is 1.29. The van der Waals surface area contributed by atoms with Crippen LogP contribution >= 0.6 is 12.6 Å². The normalized spacial score (nSPS) is 10.8. The molecule has 12 heavy (non-hydrogen) atoms. The van der Waals surface area contributed by atoms with Crippen LogP contribution in [0.25, 0.3) is 5.65 Å². The summed E-state index contributed by atoms with van der Waals surface area (Å²) in [6.07, 6.45) is 3.77. The molecule has 3 nitrogen and oxygen atoms in total. The molecule has 2 rings (SSSR count). The highest BCUT2D eigenvalue weighted by molar-refractivity contribution is 7.79. The third-order valence-electron chi connectivity index (χ3n) is 1.69. The molecule has 4 heteroatoms. The lowest BCUT2D eigenvalue weighted by molar-refractivity contribution is 1.19. The van der Waals surface area contributed by atoms with E-state index in [0.29, 0.717) is 5.75 Å². The molecule has 2 N–H and O–H groups in total. The van der Waals surface area contributed by atoms with E-state index in [0.717, 1.165) is 17.0 Å². The second kappa shape index (κ2) is 2.71. The highest BCUT2D eigenvalue weighted by Gasteiger charge is 1.98. The van der Waals surface area contributed by atoms with Crippen molar-refractivity contribution in [2.75, 3.05) is 5.73 Å². The number of hydrogen-bond donors (Lipinski definition) is 2. The number of thiol groups is 1. The van der Waals surface area contributed by atoms with Crippen molar-refractivity contribution in [3.8, 4) is 0 Å². The fraction of sp³-hybridized carbons (Fsp3) is 0.125. The quantitative estimate of drug-likeness (QED) is 0.649. The van der Waals surface area contributed by atoms with Crippen LogP contribution in [0.4, 0.5) is 5.69 Å². The van der Waals surface area contributed by atoms with Crippen LogP contribution in [0.1, 0.15) is 5.69 Å². The van der Waals surface area contributed by atoms with Crippen molar-refractivity contribution in [3.63, 3.8) is 0 Å². The zero-order chi connectivity index (χ0) is 8.55. The molecule has 0 aliphatic rings. The molecule has 0 aliphatic heterocycles. The summed E-state index contributed by atoms with van der Waals surface area (Å²) in [5.74, 6) is 0.654. The number of nitrogens with zero attached hydrogens (tertiary/aromatic N) is 2. The molecule has 0 bridgehead atoms. The zero-order valence-corrected chi connectivity index (χ0v) is 7.33. The summed E-state index contributed by atoms with van der Waals surface area (Å²) in [6, 6.07) is 3.73. The Hall–Kier alpha value is -1.16. The molecule has 0 atom stereocenters. The fourth-order valence-electron chi connectivity index (χ4n) is 1.14. The van der Waals surface area contributed by atoms with Gasteiger partial charge in [-0.3, -0.25) is 0 Å². The smallest absolute Gasteiger partial charge is 0.137 e. The van der Waals surface area contributed by atoms with Crippen molar-refractivity contribution < 1.29 is 0 Å². The predicted octanol–water partition coefficient (Wildman–Crippen LogP) is 1.35. The molecule has 0 amide bonds. The maximum absolute atomic E-state index is 5.61. The van der Waals surface area contributed by atoms with Gasteiger partial charge < -0.3 is 10.1 Å². The first-order valence-corrected chi connectivity index (χ1v) is 4.27. The highest BCUT2D eigenvalue weighted by Crippen LogP contribution is 2.09. The summed E-state index contributed by atoms with van der Waals surface area (Å²) in [4.78, 5) is 4.30.